The van der Waals surface area contributed by atoms with Crippen molar-refractivity contribution in [2.24, 2.45) is 0 Å². The first-order valence-corrected chi connectivity index (χ1v) is 10.7. The average molecular weight is 417 g/mol. The summed E-state index contributed by atoms with van der Waals surface area (Å²) in [6, 6.07) is 8.93. The molecule has 7 heteroatoms. The zero-order chi connectivity index (χ0) is 19.7. The van der Waals surface area contributed by atoms with E-state index in [-0.39, 0.29) is 18.1 Å². The molecule has 1 fully saturated rings. The molecule has 28 heavy (non-hydrogen) atoms. The monoisotopic (exact) mass is 416 g/mol. The predicted molar refractivity (Wildman–Crippen MR) is 110 cm³/mol. The highest BCUT2D eigenvalue weighted by molar-refractivity contribution is 7.15. The maximum atomic E-state index is 13.2. The van der Waals surface area contributed by atoms with Gasteiger partial charge in [0.05, 0.1) is 11.1 Å². The lowest BCUT2D eigenvalue weighted by atomic mass is 9.69. The fourth-order valence-electron chi connectivity index (χ4n) is 4.00. The number of hydrogen-bond donors (Lipinski definition) is 0. The maximum absolute atomic E-state index is 13.2. The van der Waals surface area contributed by atoms with E-state index >= 15 is 0 Å². The molecule has 2 heterocycles. The van der Waals surface area contributed by atoms with Crippen molar-refractivity contribution in [2.75, 3.05) is 0 Å². The van der Waals surface area contributed by atoms with Crippen LogP contribution in [-0.4, -0.2) is 15.4 Å². The number of rotatable bonds is 4. The Labute approximate surface area is 171 Å². The topological polar surface area (TPSA) is 60.7 Å². The average Bonchev–Trinajstić information content (AvgIpc) is 3.08. The molecule has 0 saturated heterocycles. The number of hydrogen-bond acceptors (Lipinski definition) is 5. The molecule has 1 aliphatic rings. The van der Waals surface area contributed by atoms with E-state index in [4.69, 9.17) is 16.3 Å². The van der Waals surface area contributed by atoms with E-state index in [1.54, 1.807) is 4.40 Å². The molecule has 3 aromatic rings. The third-order valence-corrected chi connectivity index (χ3v) is 6.63. The first kappa shape index (κ1) is 19.2. The molecule has 0 spiro atoms. The lowest BCUT2D eigenvalue weighted by molar-refractivity contribution is -0.153. The Kier molecular flexibility index (Phi) is 5.25. The Morgan fingerprint density at radius 1 is 1.29 bits per heavy atom. The van der Waals surface area contributed by atoms with E-state index in [0.29, 0.717) is 15.7 Å². The number of thiazole rings is 1. The van der Waals surface area contributed by atoms with Crippen molar-refractivity contribution >= 4 is 33.9 Å². The number of esters is 1. The van der Waals surface area contributed by atoms with Crippen LogP contribution in [0.25, 0.3) is 4.96 Å². The number of fused-ring (bicyclic) bond motifs is 1. The van der Waals surface area contributed by atoms with Crippen molar-refractivity contribution in [3.8, 4) is 0 Å². The number of halogens is 1. The SMILES string of the molecule is Cc1csc2nc(COC(=O)C3(c4cccc(Cl)c4)CCCCC3)cc(=O)n12. The summed E-state index contributed by atoms with van der Waals surface area (Å²) in [7, 11) is 0. The lowest BCUT2D eigenvalue weighted by Gasteiger charge is -2.35. The van der Waals surface area contributed by atoms with Crippen molar-refractivity contribution < 1.29 is 9.53 Å². The normalized spacial score (nSPS) is 16.2. The molecular weight excluding hydrogens is 396 g/mol. The lowest BCUT2D eigenvalue weighted by Crippen LogP contribution is -2.39. The second-order valence-corrected chi connectivity index (χ2v) is 8.58. The molecule has 4 rings (SSSR count). The molecule has 0 bridgehead atoms. The van der Waals surface area contributed by atoms with Crippen LogP contribution < -0.4 is 5.56 Å². The molecule has 0 amide bonds. The van der Waals surface area contributed by atoms with Crippen LogP contribution in [0.3, 0.4) is 0 Å². The smallest absolute Gasteiger partial charge is 0.316 e. The standard InChI is InChI=1S/C21H21ClN2O3S/c1-14-13-28-20-23-17(11-18(25)24(14)20)12-27-19(26)21(8-3-2-4-9-21)15-6-5-7-16(22)10-15/h5-7,10-11,13H,2-4,8-9,12H2,1H3. The summed E-state index contributed by atoms with van der Waals surface area (Å²) in [6.45, 7) is 1.86. The van der Waals surface area contributed by atoms with Gasteiger partial charge in [-0.2, -0.15) is 0 Å². The van der Waals surface area contributed by atoms with Crippen LogP contribution in [-0.2, 0) is 21.6 Å². The third-order valence-electron chi connectivity index (χ3n) is 5.45. The molecule has 0 atom stereocenters. The van der Waals surface area contributed by atoms with Crippen molar-refractivity contribution in [3.63, 3.8) is 0 Å². The van der Waals surface area contributed by atoms with Crippen LogP contribution in [0.2, 0.25) is 5.02 Å². The fraction of sp³-hybridized carbons (Fsp3) is 0.381. The van der Waals surface area contributed by atoms with Gasteiger partial charge in [-0.05, 0) is 37.5 Å². The number of ether oxygens (including phenoxy) is 1. The van der Waals surface area contributed by atoms with Gasteiger partial charge in [-0.25, -0.2) is 4.98 Å². The molecule has 1 aliphatic carbocycles. The van der Waals surface area contributed by atoms with Crippen molar-refractivity contribution in [1.82, 2.24) is 9.38 Å². The van der Waals surface area contributed by atoms with Crippen LogP contribution in [0.5, 0.6) is 0 Å². The minimum atomic E-state index is -0.679. The zero-order valence-electron chi connectivity index (χ0n) is 15.6. The highest BCUT2D eigenvalue weighted by Crippen LogP contribution is 2.41. The quantitative estimate of drug-likeness (QED) is 0.580. The molecule has 1 aromatic carbocycles. The minimum Gasteiger partial charge on any atom is -0.458 e. The Hall–Kier alpha value is -2.18. The second kappa shape index (κ2) is 7.68. The van der Waals surface area contributed by atoms with Gasteiger partial charge in [0.25, 0.3) is 5.56 Å². The molecule has 0 unspecified atom stereocenters. The molecule has 5 nitrogen and oxygen atoms in total. The number of aryl methyl sites for hydroxylation is 1. The number of aromatic nitrogens is 2. The summed E-state index contributed by atoms with van der Waals surface area (Å²) < 4.78 is 7.25. The summed E-state index contributed by atoms with van der Waals surface area (Å²) in [5.41, 5.74) is 1.39. The van der Waals surface area contributed by atoms with Gasteiger partial charge in [-0.1, -0.05) is 43.0 Å². The Bertz CT molecular complexity index is 1080. The van der Waals surface area contributed by atoms with Crippen molar-refractivity contribution in [2.45, 2.75) is 51.0 Å². The van der Waals surface area contributed by atoms with Crippen molar-refractivity contribution in [3.05, 3.63) is 68.0 Å². The van der Waals surface area contributed by atoms with Gasteiger partial charge in [0.1, 0.15) is 6.61 Å². The van der Waals surface area contributed by atoms with Crippen LogP contribution in [0, 0.1) is 6.92 Å². The predicted octanol–water partition coefficient (Wildman–Crippen LogP) is 4.66. The van der Waals surface area contributed by atoms with Gasteiger partial charge >= 0.3 is 5.97 Å². The Balaban J connectivity index is 1.59. The summed E-state index contributed by atoms with van der Waals surface area (Å²) in [6.07, 6.45) is 4.54. The Morgan fingerprint density at radius 2 is 2.07 bits per heavy atom. The molecule has 0 radical (unpaired) electrons. The van der Waals surface area contributed by atoms with Gasteiger partial charge in [-0.15, -0.1) is 11.3 Å². The second-order valence-electron chi connectivity index (χ2n) is 7.31. The highest BCUT2D eigenvalue weighted by Gasteiger charge is 2.42. The van der Waals surface area contributed by atoms with Gasteiger partial charge in [0, 0.05) is 22.2 Å². The summed E-state index contributed by atoms with van der Waals surface area (Å²) >= 11 is 7.58. The van der Waals surface area contributed by atoms with Crippen LogP contribution >= 0.6 is 22.9 Å². The van der Waals surface area contributed by atoms with E-state index in [1.165, 1.54) is 17.4 Å². The van der Waals surface area contributed by atoms with Gasteiger partial charge in [-0.3, -0.25) is 14.0 Å². The maximum Gasteiger partial charge on any atom is 0.316 e. The van der Waals surface area contributed by atoms with E-state index in [2.05, 4.69) is 4.98 Å². The molecular formula is C21H21ClN2O3S. The highest BCUT2D eigenvalue weighted by atomic mass is 35.5. The molecule has 2 aromatic heterocycles. The van der Waals surface area contributed by atoms with Crippen LogP contribution in [0.15, 0.2) is 40.5 Å². The first-order valence-electron chi connectivity index (χ1n) is 9.40. The summed E-state index contributed by atoms with van der Waals surface area (Å²) in [5.74, 6) is -0.265. The number of carbonyl (C=O) groups excluding carboxylic acids is 1. The van der Waals surface area contributed by atoms with Crippen molar-refractivity contribution in [1.29, 1.82) is 0 Å². The number of benzene rings is 1. The third kappa shape index (κ3) is 3.47. The fourth-order valence-corrected chi connectivity index (χ4v) is 5.09. The minimum absolute atomic E-state index is 0.0101. The number of carbonyl (C=O) groups is 1. The Morgan fingerprint density at radius 3 is 2.82 bits per heavy atom. The van der Waals surface area contributed by atoms with E-state index in [1.807, 2.05) is 36.6 Å². The van der Waals surface area contributed by atoms with Gasteiger partial charge in [0.2, 0.25) is 0 Å². The van der Waals surface area contributed by atoms with Crippen LogP contribution in [0.4, 0.5) is 0 Å². The van der Waals surface area contributed by atoms with E-state index in [0.717, 1.165) is 43.4 Å². The molecule has 1 saturated carbocycles. The first-order chi connectivity index (χ1) is 13.5. The van der Waals surface area contributed by atoms with E-state index < -0.39 is 5.41 Å². The molecule has 0 aliphatic heterocycles. The summed E-state index contributed by atoms with van der Waals surface area (Å²) in [5, 5.41) is 2.50. The van der Waals surface area contributed by atoms with E-state index in [9.17, 15) is 9.59 Å². The number of nitrogens with zero attached hydrogens (tertiary/aromatic N) is 2. The largest absolute Gasteiger partial charge is 0.458 e. The van der Waals surface area contributed by atoms with Crippen LogP contribution in [0.1, 0.15) is 49.1 Å². The molecule has 146 valence electrons. The summed E-state index contributed by atoms with van der Waals surface area (Å²) in [4.78, 5) is 30.6. The van der Waals surface area contributed by atoms with Gasteiger partial charge in [0.15, 0.2) is 4.96 Å². The zero-order valence-corrected chi connectivity index (χ0v) is 17.2. The molecule has 0 N–H and O–H groups in total. The van der Waals surface area contributed by atoms with Gasteiger partial charge < -0.3 is 4.74 Å².